The van der Waals surface area contributed by atoms with Crippen LogP contribution >= 0.6 is 11.6 Å². The van der Waals surface area contributed by atoms with Gasteiger partial charge in [-0.1, -0.05) is 11.6 Å². The monoisotopic (exact) mass is 312 g/mol. The van der Waals surface area contributed by atoms with Crippen molar-refractivity contribution in [2.45, 2.75) is 18.9 Å². The third-order valence-electron chi connectivity index (χ3n) is 3.09. The molecule has 5 heteroatoms. The smallest absolute Gasteiger partial charge is 0.126 e. The fraction of sp³-hybridized carbons (Fsp3) is 0.250. The highest BCUT2D eigenvalue weighted by molar-refractivity contribution is 6.30. The maximum Gasteiger partial charge on any atom is 0.126 e. The van der Waals surface area contributed by atoms with Crippen molar-refractivity contribution in [1.82, 2.24) is 0 Å². The van der Waals surface area contributed by atoms with E-state index in [1.54, 1.807) is 18.2 Å². The van der Waals surface area contributed by atoms with Crippen molar-refractivity contribution in [3.05, 3.63) is 64.2 Å². The van der Waals surface area contributed by atoms with Crippen molar-refractivity contribution in [1.29, 1.82) is 0 Å². The van der Waals surface area contributed by atoms with Gasteiger partial charge in [-0.2, -0.15) is 0 Å². The van der Waals surface area contributed by atoms with Crippen molar-refractivity contribution in [2.24, 2.45) is 0 Å². The van der Waals surface area contributed by atoms with Crippen LogP contribution in [0.25, 0.3) is 0 Å². The van der Waals surface area contributed by atoms with Crippen LogP contribution in [0.15, 0.2) is 36.4 Å². The predicted molar refractivity (Wildman–Crippen MR) is 77.8 cm³/mol. The summed E-state index contributed by atoms with van der Waals surface area (Å²) in [4.78, 5) is 0. The number of hydrogen-bond donors (Lipinski definition) is 1. The number of benzene rings is 2. The molecule has 1 unspecified atom stereocenters. The van der Waals surface area contributed by atoms with Crippen molar-refractivity contribution in [2.75, 3.05) is 7.11 Å². The third kappa shape index (κ3) is 4.41. The highest BCUT2D eigenvalue weighted by Crippen LogP contribution is 2.24. The van der Waals surface area contributed by atoms with E-state index >= 15 is 0 Å². The first kappa shape index (κ1) is 15.7. The maximum absolute atomic E-state index is 13.1. The second-order valence-electron chi connectivity index (χ2n) is 4.80. The van der Waals surface area contributed by atoms with Crippen LogP contribution in [0.1, 0.15) is 11.1 Å². The van der Waals surface area contributed by atoms with E-state index in [1.165, 1.54) is 19.2 Å². The Bertz CT molecular complexity index is 611. The van der Waals surface area contributed by atoms with Crippen molar-refractivity contribution in [3.8, 4) is 5.75 Å². The van der Waals surface area contributed by atoms with Gasteiger partial charge >= 0.3 is 0 Å². The van der Waals surface area contributed by atoms with Crippen LogP contribution in [0.2, 0.25) is 5.02 Å². The molecule has 1 atom stereocenters. The molecule has 2 nitrogen and oxygen atoms in total. The standard InChI is InChI=1S/C16H15ClF2O2/c1-21-16-3-2-12(17)7-11(16)8-15(20)6-10-4-13(18)9-14(19)5-10/h2-5,7,9,15,20H,6,8H2,1H3. The molecule has 0 bridgehead atoms. The SMILES string of the molecule is COc1ccc(Cl)cc1CC(O)Cc1cc(F)cc(F)c1. The van der Waals surface area contributed by atoms with E-state index in [-0.39, 0.29) is 12.8 Å². The zero-order valence-electron chi connectivity index (χ0n) is 11.4. The van der Waals surface area contributed by atoms with Gasteiger partial charge < -0.3 is 9.84 Å². The highest BCUT2D eigenvalue weighted by atomic mass is 35.5. The highest BCUT2D eigenvalue weighted by Gasteiger charge is 2.12. The Morgan fingerprint density at radius 3 is 2.38 bits per heavy atom. The van der Waals surface area contributed by atoms with Gasteiger partial charge in [0.2, 0.25) is 0 Å². The number of aliphatic hydroxyl groups is 1. The Balaban J connectivity index is 2.11. The average Bonchev–Trinajstić information content (AvgIpc) is 2.37. The molecule has 1 N–H and O–H groups in total. The van der Waals surface area contributed by atoms with Crippen LogP contribution in [0.5, 0.6) is 5.75 Å². The summed E-state index contributed by atoms with van der Waals surface area (Å²) in [6, 6.07) is 8.33. The molecule has 0 aliphatic heterocycles. The molecule has 0 spiro atoms. The summed E-state index contributed by atoms with van der Waals surface area (Å²) in [5, 5.41) is 10.6. The maximum atomic E-state index is 13.1. The van der Waals surface area contributed by atoms with Gasteiger partial charge in [0.25, 0.3) is 0 Å². The van der Waals surface area contributed by atoms with E-state index in [9.17, 15) is 13.9 Å². The summed E-state index contributed by atoms with van der Waals surface area (Å²) in [5.74, 6) is -0.695. The summed E-state index contributed by atoms with van der Waals surface area (Å²) in [6.07, 6.45) is -0.370. The zero-order chi connectivity index (χ0) is 15.4. The van der Waals surface area contributed by atoms with Gasteiger partial charge in [0, 0.05) is 17.5 Å². The van der Waals surface area contributed by atoms with Crippen LogP contribution in [-0.2, 0) is 12.8 Å². The third-order valence-corrected chi connectivity index (χ3v) is 3.33. The lowest BCUT2D eigenvalue weighted by Crippen LogP contribution is -2.15. The minimum absolute atomic E-state index is 0.143. The van der Waals surface area contributed by atoms with Crippen molar-refractivity contribution in [3.63, 3.8) is 0 Å². The topological polar surface area (TPSA) is 29.5 Å². The number of aliphatic hydroxyl groups excluding tert-OH is 1. The van der Waals surface area contributed by atoms with Gasteiger partial charge in [0.1, 0.15) is 17.4 Å². The molecule has 0 saturated heterocycles. The lowest BCUT2D eigenvalue weighted by Gasteiger charge is -2.14. The van der Waals surface area contributed by atoms with Gasteiger partial charge in [-0.25, -0.2) is 8.78 Å². The molecule has 0 heterocycles. The Morgan fingerprint density at radius 2 is 1.76 bits per heavy atom. The van der Waals surface area contributed by atoms with Gasteiger partial charge in [-0.3, -0.25) is 0 Å². The van der Waals surface area contributed by atoms with E-state index in [0.29, 0.717) is 16.3 Å². The first-order valence-corrected chi connectivity index (χ1v) is 6.81. The minimum atomic E-state index is -0.793. The van der Waals surface area contributed by atoms with Gasteiger partial charge in [-0.15, -0.1) is 0 Å². The molecule has 112 valence electrons. The number of methoxy groups -OCH3 is 1. The predicted octanol–water partition coefficient (Wildman–Crippen LogP) is 3.77. The summed E-state index contributed by atoms with van der Waals surface area (Å²) in [6.45, 7) is 0. The normalized spacial score (nSPS) is 12.2. The van der Waals surface area contributed by atoms with Crippen LogP contribution in [0.3, 0.4) is 0 Å². The van der Waals surface area contributed by atoms with E-state index < -0.39 is 17.7 Å². The summed E-state index contributed by atoms with van der Waals surface area (Å²) in [7, 11) is 1.53. The van der Waals surface area contributed by atoms with E-state index in [4.69, 9.17) is 16.3 Å². The molecule has 0 aromatic heterocycles. The first-order chi connectivity index (χ1) is 9.97. The van der Waals surface area contributed by atoms with E-state index in [0.717, 1.165) is 11.6 Å². The molecule has 0 saturated carbocycles. The fourth-order valence-corrected chi connectivity index (χ4v) is 2.43. The van der Waals surface area contributed by atoms with Crippen molar-refractivity contribution < 1.29 is 18.6 Å². The zero-order valence-corrected chi connectivity index (χ0v) is 12.2. The molecular formula is C16H15ClF2O2. The molecule has 2 aromatic carbocycles. The molecular weight excluding hydrogens is 298 g/mol. The van der Waals surface area contributed by atoms with Crippen LogP contribution in [0.4, 0.5) is 8.78 Å². The quantitative estimate of drug-likeness (QED) is 0.910. The molecule has 0 aliphatic rings. The Morgan fingerprint density at radius 1 is 1.10 bits per heavy atom. The fourth-order valence-electron chi connectivity index (χ4n) is 2.23. The van der Waals surface area contributed by atoms with E-state index in [1.807, 2.05) is 0 Å². The molecule has 2 aromatic rings. The van der Waals surface area contributed by atoms with Gasteiger partial charge in [0.05, 0.1) is 13.2 Å². The summed E-state index contributed by atoms with van der Waals surface area (Å²) >= 11 is 5.92. The number of hydrogen-bond acceptors (Lipinski definition) is 2. The lowest BCUT2D eigenvalue weighted by atomic mass is 10.0. The Hall–Kier alpha value is -1.65. The van der Waals surface area contributed by atoms with Crippen LogP contribution < -0.4 is 4.74 Å². The molecule has 0 radical (unpaired) electrons. The first-order valence-electron chi connectivity index (χ1n) is 6.43. The lowest BCUT2D eigenvalue weighted by molar-refractivity contribution is 0.174. The average molecular weight is 313 g/mol. The van der Waals surface area contributed by atoms with Crippen LogP contribution in [0, 0.1) is 11.6 Å². The second-order valence-corrected chi connectivity index (χ2v) is 5.23. The summed E-state index contributed by atoms with van der Waals surface area (Å²) < 4.78 is 31.4. The number of ether oxygens (including phenoxy) is 1. The largest absolute Gasteiger partial charge is 0.496 e. The molecule has 2 rings (SSSR count). The number of rotatable bonds is 5. The Labute approximate surface area is 126 Å². The molecule has 0 fully saturated rings. The summed E-state index contributed by atoms with van der Waals surface area (Å²) in [5.41, 5.74) is 1.15. The molecule has 0 aliphatic carbocycles. The second kappa shape index (κ2) is 6.87. The number of halogens is 3. The van der Waals surface area contributed by atoms with E-state index in [2.05, 4.69) is 0 Å². The van der Waals surface area contributed by atoms with Crippen molar-refractivity contribution >= 4 is 11.6 Å². The molecule has 21 heavy (non-hydrogen) atoms. The van der Waals surface area contributed by atoms with Gasteiger partial charge in [0.15, 0.2) is 0 Å². The Kier molecular flexibility index (Phi) is 5.15. The molecule has 0 amide bonds. The minimum Gasteiger partial charge on any atom is -0.496 e. The van der Waals surface area contributed by atoms with Crippen LogP contribution in [-0.4, -0.2) is 18.3 Å². The van der Waals surface area contributed by atoms with Gasteiger partial charge in [-0.05, 0) is 47.9 Å².